The molecule has 5 nitrogen and oxygen atoms in total. The number of hydrogen-bond donors (Lipinski definition) is 3. The van der Waals surface area contributed by atoms with Crippen molar-refractivity contribution >= 4 is 51.5 Å². The van der Waals surface area contributed by atoms with E-state index in [0.717, 1.165) is 9.13 Å². The maximum absolute atomic E-state index is 11.8. The number of aryl methyl sites for hydroxylation is 1. The molecule has 0 spiro atoms. The monoisotopic (exact) mass is 395 g/mol. The van der Waals surface area contributed by atoms with Crippen LogP contribution in [-0.2, 0) is 9.59 Å². The molecule has 2 aromatic rings. The lowest BCUT2D eigenvalue weighted by molar-refractivity contribution is -0.132. The van der Waals surface area contributed by atoms with E-state index in [1.54, 1.807) is 24.3 Å². The molecule has 0 atom stereocenters. The number of hydrogen-bond acceptors (Lipinski definition) is 3. The van der Waals surface area contributed by atoms with Crippen LogP contribution in [-0.4, -0.2) is 11.8 Å². The zero-order valence-corrected chi connectivity index (χ0v) is 13.5. The second kappa shape index (κ2) is 6.57. The molecule has 2 rings (SSSR count). The van der Waals surface area contributed by atoms with Crippen molar-refractivity contribution in [3.63, 3.8) is 0 Å². The molecule has 0 saturated heterocycles. The fourth-order valence-corrected chi connectivity index (χ4v) is 2.06. The summed E-state index contributed by atoms with van der Waals surface area (Å²) in [6.07, 6.45) is 0. The molecule has 6 heteroatoms. The Morgan fingerprint density at radius 1 is 1.00 bits per heavy atom. The summed E-state index contributed by atoms with van der Waals surface area (Å²) in [6.45, 7) is 1.89. The molecule has 0 aliphatic rings. The molecule has 0 radical (unpaired) electrons. The van der Waals surface area contributed by atoms with Crippen LogP contribution in [0.4, 0.5) is 17.1 Å². The van der Waals surface area contributed by atoms with Gasteiger partial charge in [0.15, 0.2) is 0 Å². The van der Waals surface area contributed by atoms with Gasteiger partial charge in [-0.3, -0.25) is 9.59 Å². The summed E-state index contributed by atoms with van der Waals surface area (Å²) in [5, 5.41) is 5.02. The van der Waals surface area contributed by atoms with Crippen molar-refractivity contribution in [3.05, 3.63) is 51.6 Å². The number of benzene rings is 2. The summed E-state index contributed by atoms with van der Waals surface area (Å²) in [5.74, 6) is -1.50. The molecular formula is C15H14IN3O2. The number of nitrogen functional groups attached to an aromatic ring is 1. The SMILES string of the molecule is Cc1ccc(NC(=O)C(=O)Nc2ccc(I)cc2)c(N)c1. The zero-order chi connectivity index (χ0) is 15.4. The first-order valence-electron chi connectivity index (χ1n) is 6.20. The van der Waals surface area contributed by atoms with E-state index in [-0.39, 0.29) is 0 Å². The minimum atomic E-state index is -0.760. The molecule has 21 heavy (non-hydrogen) atoms. The highest BCUT2D eigenvalue weighted by molar-refractivity contribution is 14.1. The van der Waals surface area contributed by atoms with Crippen molar-refractivity contribution in [1.82, 2.24) is 0 Å². The molecule has 2 aromatic carbocycles. The van der Waals surface area contributed by atoms with E-state index < -0.39 is 11.8 Å². The van der Waals surface area contributed by atoms with Crippen molar-refractivity contribution in [1.29, 1.82) is 0 Å². The van der Waals surface area contributed by atoms with Gasteiger partial charge in [0.05, 0.1) is 11.4 Å². The van der Waals surface area contributed by atoms with Gasteiger partial charge in [-0.15, -0.1) is 0 Å². The van der Waals surface area contributed by atoms with Crippen molar-refractivity contribution in [2.75, 3.05) is 16.4 Å². The lowest BCUT2D eigenvalue weighted by atomic mass is 10.2. The van der Waals surface area contributed by atoms with Crippen LogP contribution in [0.3, 0.4) is 0 Å². The average molecular weight is 395 g/mol. The van der Waals surface area contributed by atoms with Gasteiger partial charge in [0.25, 0.3) is 0 Å². The van der Waals surface area contributed by atoms with Gasteiger partial charge in [-0.25, -0.2) is 0 Å². The molecule has 0 saturated carbocycles. The smallest absolute Gasteiger partial charge is 0.314 e. The summed E-state index contributed by atoms with van der Waals surface area (Å²) < 4.78 is 1.04. The minimum Gasteiger partial charge on any atom is -0.397 e. The van der Waals surface area contributed by atoms with Crippen LogP contribution >= 0.6 is 22.6 Å². The topological polar surface area (TPSA) is 84.2 Å². The van der Waals surface area contributed by atoms with Gasteiger partial charge in [-0.1, -0.05) is 6.07 Å². The molecule has 0 aromatic heterocycles. The predicted octanol–water partition coefficient (Wildman–Crippen LogP) is 2.76. The van der Waals surface area contributed by atoms with Crippen molar-refractivity contribution in [2.24, 2.45) is 0 Å². The second-order valence-corrected chi connectivity index (χ2v) is 5.75. The van der Waals surface area contributed by atoms with E-state index >= 15 is 0 Å². The van der Waals surface area contributed by atoms with Crippen LogP contribution in [0.1, 0.15) is 5.56 Å². The fourth-order valence-electron chi connectivity index (χ4n) is 1.70. The van der Waals surface area contributed by atoms with Crippen LogP contribution in [0.2, 0.25) is 0 Å². The number of halogens is 1. The highest BCUT2D eigenvalue weighted by Gasteiger charge is 2.15. The fraction of sp³-hybridized carbons (Fsp3) is 0.0667. The first-order chi connectivity index (χ1) is 9.95. The Labute approximate surface area is 136 Å². The van der Waals surface area contributed by atoms with Gasteiger partial charge < -0.3 is 16.4 Å². The Bertz CT molecular complexity index is 684. The number of amides is 2. The van der Waals surface area contributed by atoms with E-state index in [0.29, 0.717) is 17.1 Å². The van der Waals surface area contributed by atoms with Gasteiger partial charge in [-0.05, 0) is 71.5 Å². The molecule has 0 bridgehead atoms. The number of nitrogens with one attached hydrogen (secondary N) is 2. The average Bonchev–Trinajstić information content (AvgIpc) is 2.44. The van der Waals surface area contributed by atoms with E-state index in [4.69, 9.17) is 5.73 Å². The molecule has 0 heterocycles. The number of carbonyl (C=O) groups excluding carboxylic acids is 2. The number of carbonyl (C=O) groups is 2. The third-order valence-electron chi connectivity index (χ3n) is 2.76. The maximum Gasteiger partial charge on any atom is 0.314 e. The van der Waals surface area contributed by atoms with Gasteiger partial charge in [0.2, 0.25) is 0 Å². The van der Waals surface area contributed by atoms with Crippen LogP contribution in [0.25, 0.3) is 0 Å². The van der Waals surface area contributed by atoms with Crippen LogP contribution in [0, 0.1) is 10.5 Å². The molecule has 0 aliphatic heterocycles. The highest BCUT2D eigenvalue weighted by atomic mass is 127. The summed E-state index contributed by atoms with van der Waals surface area (Å²) in [7, 11) is 0. The van der Waals surface area contributed by atoms with Gasteiger partial charge in [-0.2, -0.15) is 0 Å². The summed E-state index contributed by atoms with van der Waals surface area (Å²) in [4.78, 5) is 23.7. The standard InChI is InChI=1S/C15H14IN3O2/c1-9-2-7-13(12(17)8-9)19-15(21)14(20)18-11-5-3-10(16)4-6-11/h2-8H,17H2,1H3,(H,18,20)(H,19,21). The minimum absolute atomic E-state index is 0.420. The molecule has 108 valence electrons. The summed E-state index contributed by atoms with van der Waals surface area (Å²) in [5.41, 5.74) is 8.18. The second-order valence-electron chi connectivity index (χ2n) is 4.51. The lowest BCUT2D eigenvalue weighted by Crippen LogP contribution is -2.29. The van der Waals surface area contributed by atoms with Gasteiger partial charge in [0, 0.05) is 9.26 Å². The predicted molar refractivity (Wildman–Crippen MR) is 92.0 cm³/mol. The Morgan fingerprint density at radius 2 is 1.62 bits per heavy atom. The molecule has 4 N–H and O–H groups in total. The maximum atomic E-state index is 11.8. The van der Waals surface area contributed by atoms with Crippen molar-refractivity contribution < 1.29 is 9.59 Å². The molecular weight excluding hydrogens is 381 g/mol. The lowest BCUT2D eigenvalue weighted by Gasteiger charge is -2.09. The molecule has 0 aliphatic carbocycles. The van der Waals surface area contributed by atoms with Gasteiger partial charge in [0.1, 0.15) is 0 Å². The van der Waals surface area contributed by atoms with Crippen molar-refractivity contribution in [3.8, 4) is 0 Å². The first kappa shape index (κ1) is 15.3. The third kappa shape index (κ3) is 4.19. The number of nitrogens with two attached hydrogens (primary N) is 1. The number of anilines is 3. The van der Waals surface area contributed by atoms with E-state index in [9.17, 15) is 9.59 Å². The normalized spacial score (nSPS) is 10.0. The Kier molecular flexibility index (Phi) is 4.79. The largest absolute Gasteiger partial charge is 0.397 e. The third-order valence-corrected chi connectivity index (χ3v) is 3.48. The summed E-state index contributed by atoms with van der Waals surface area (Å²) >= 11 is 2.16. The zero-order valence-electron chi connectivity index (χ0n) is 11.3. The van der Waals surface area contributed by atoms with Crippen LogP contribution in [0.15, 0.2) is 42.5 Å². The Hall–Kier alpha value is -2.09. The van der Waals surface area contributed by atoms with Crippen LogP contribution in [0.5, 0.6) is 0 Å². The Balaban J connectivity index is 2.02. The molecule has 2 amide bonds. The highest BCUT2D eigenvalue weighted by Crippen LogP contribution is 2.19. The number of rotatable bonds is 2. The first-order valence-corrected chi connectivity index (χ1v) is 7.27. The van der Waals surface area contributed by atoms with Crippen molar-refractivity contribution in [2.45, 2.75) is 6.92 Å². The molecule has 0 unspecified atom stereocenters. The van der Waals surface area contributed by atoms with E-state index in [1.807, 2.05) is 25.1 Å². The van der Waals surface area contributed by atoms with Crippen LogP contribution < -0.4 is 16.4 Å². The summed E-state index contributed by atoms with van der Waals surface area (Å²) in [6, 6.07) is 12.3. The quantitative estimate of drug-likeness (QED) is 0.416. The van der Waals surface area contributed by atoms with E-state index in [2.05, 4.69) is 33.2 Å². The van der Waals surface area contributed by atoms with E-state index in [1.165, 1.54) is 0 Å². The Morgan fingerprint density at radius 3 is 2.24 bits per heavy atom. The molecule has 0 fully saturated rings. The van der Waals surface area contributed by atoms with Gasteiger partial charge >= 0.3 is 11.8 Å².